The second-order valence-electron chi connectivity index (χ2n) is 5.05. The lowest BCUT2D eigenvalue weighted by Crippen LogP contribution is -2.30. The first kappa shape index (κ1) is 16.4. The summed E-state index contributed by atoms with van der Waals surface area (Å²) in [7, 11) is -3.77. The molecule has 3 N–H and O–H groups in total. The molecule has 20 heavy (non-hydrogen) atoms. The summed E-state index contributed by atoms with van der Waals surface area (Å²) < 4.78 is 26.6. The van der Waals surface area contributed by atoms with Crippen LogP contribution in [0.2, 0.25) is 0 Å². The zero-order valence-corrected chi connectivity index (χ0v) is 12.5. The molecule has 0 spiro atoms. The third kappa shape index (κ3) is 3.91. The van der Waals surface area contributed by atoms with E-state index in [4.69, 9.17) is 5.73 Å². The average Bonchev–Trinajstić information content (AvgIpc) is 2.35. The SMILES string of the molecule is CC(C)C(C)CNS(=O)(=O)c1ccc(N)c([N+](=O)[O-])c1. The minimum atomic E-state index is -3.77. The number of sulfonamides is 1. The lowest BCUT2D eigenvalue weighted by Gasteiger charge is -2.16. The van der Waals surface area contributed by atoms with Gasteiger partial charge in [0.15, 0.2) is 0 Å². The van der Waals surface area contributed by atoms with Crippen molar-refractivity contribution in [2.45, 2.75) is 25.7 Å². The standard InChI is InChI=1S/C12H19N3O4S/c1-8(2)9(3)7-14-20(18,19)10-4-5-11(13)12(6-10)15(16)17/h4-6,8-9,14H,7,13H2,1-3H3. The molecule has 1 aromatic rings. The van der Waals surface area contributed by atoms with Crippen LogP contribution in [0.3, 0.4) is 0 Å². The molecule has 0 radical (unpaired) electrons. The number of benzene rings is 1. The molecule has 1 unspecified atom stereocenters. The zero-order chi connectivity index (χ0) is 15.5. The van der Waals surface area contributed by atoms with Gasteiger partial charge in [-0.25, -0.2) is 13.1 Å². The lowest BCUT2D eigenvalue weighted by molar-refractivity contribution is -0.384. The third-order valence-corrected chi connectivity index (χ3v) is 4.66. The van der Waals surface area contributed by atoms with E-state index in [-0.39, 0.29) is 23.0 Å². The van der Waals surface area contributed by atoms with Crippen LogP contribution in [0.5, 0.6) is 0 Å². The second-order valence-corrected chi connectivity index (χ2v) is 6.82. The molecule has 0 aliphatic carbocycles. The molecule has 0 aliphatic heterocycles. The molecule has 1 aromatic carbocycles. The monoisotopic (exact) mass is 301 g/mol. The molecule has 0 saturated heterocycles. The van der Waals surface area contributed by atoms with Crippen LogP contribution in [0.1, 0.15) is 20.8 Å². The molecular formula is C12H19N3O4S. The molecule has 112 valence electrons. The maximum absolute atomic E-state index is 12.1. The van der Waals surface area contributed by atoms with E-state index < -0.39 is 20.6 Å². The van der Waals surface area contributed by atoms with Crippen molar-refractivity contribution in [3.63, 3.8) is 0 Å². The number of nitrogens with zero attached hydrogens (tertiary/aromatic N) is 1. The Balaban J connectivity index is 2.99. The molecule has 0 saturated carbocycles. The van der Waals surface area contributed by atoms with E-state index in [1.54, 1.807) is 0 Å². The number of rotatable bonds is 6. The minimum Gasteiger partial charge on any atom is -0.393 e. The van der Waals surface area contributed by atoms with Gasteiger partial charge in [-0.15, -0.1) is 0 Å². The number of nitrogens with two attached hydrogens (primary N) is 1. The first-order valence-electron chi connectivity index (χ1n) is 6.18. The van der Waals surface area contributed by atoms with E-state index in [9.17, 15) is 18.5 Å². The molecule has 0 aliphatic rings. The molecule has 1 rings (SSSR count). The van der Waals surface area contributed by atoms with Gasteiger partial charge in [0.25, 0.3) is 5.69 Å². The summed E-state index contributed by atoms with van der Waals surface area (Å²) in [6, 6.07) is 3.45. The van der Waals surface area contributed by atoms with Gasteiger partial charge in [0, 0.05) is 12.6 Å². The number of hydrogen-bond donors (Lipinski definition) is 2. The fourth-order valence-electron chi connectivity index (χ4n) is 1.41. The zero-order valence-electron chi connectivity index (χ0n) is 11.7. The maximum Gasteiger partial charge on any atom is 0.293 e. The lowest BCUT2D eigenvalue weighted by atomic mass is 9.99. The van der Waals surface area contributed by atoms with Crippen molar-refractivity contribution < 1.29 is 13.3 Å². The summed E-state index contributed by atoms with van der Waals surface area (Å²) in [6.07, 6.45) is 0. The van der Waals surface area contributed by atoms with Crippen LogP contribution >= 0.6 is 0 Å². The fraction of sp³-hybridized carbons (Fsp3) is 0.500. The number of nitro groups is 1. The highest BCUT2D eigenvalue weighted by atomic mass is 32.2. The Hall–Kier alpha value is -1.67. The van der Waals surface area contributed by atoms with E-state index in [1.807, 2.05) is 20.8 Å². The van der Waals surface area contributed by atoms with Crippen LogP contribution in [-0.4, -0.2) is 19.9 Å². The smallest absolute Gasteiger partial charge is 0.293 e. The first-order chi connectivity index (χ1) is 9.15. The Kier molecular flexibility index (Phi) is 5.07. The van der Waals surface area contributed by atoms with Gasteiger partial charge in [-0.2, -0.15) is 0 Å². The van der Waals surface area contributed by atoms with Crippen LogP contribution in [0.25, 0.3) is 0 Å². The summed E-state index contributed by atoms with van der Waals surface area (Å²) in [4.78, 5) is 9.91. The molecule has 0 heterocycles. The highest BCUT2D eigenvalue weighted by molar-refractivity contribution is 7.89. The Bertz CT molecular complexity index is 599. The van der Waals surface area contributed by atoms with E-state index in [1.165, 1.54) is 12.1 Å². The fourth-order valence-corrected chi connectivity index (χ4v) is 2.57. The van der Waals surface area contributed by atoms with Crippen LogP contribution < -0.4 is 10.5 Å². The Labute approximate surface area is 118 Å². The van der Waals surface area contributed by atoms with Gasteiger partial charge in [-0.3, -0.25) is 10.1 Å². The largest absolute Gasteiger partial charge is 0.393 e. The van der Waals surface area contributed by atoms with Gasteiger partial charge in [0.05, 0.1) is 9.82 Å². The highest BCUT2D eigenvalue weighted by Crippen LogP contribution is 2.24. The summed E-state index contributed by atoms with van der Waals surface area (Å²) >= 11 is 0. The Morgan fingerprint density at radius 1 is 1.35 bits per heavy atom. The van der Waals surface area contributed by atoms with Crippen molar-refractivity contribution in [1.82, 2.24) is 4.72 Å². The summed E-state index contributed by atoms with van der Waals surface area (Å²) in [6.45, 7) is 6.19. The summed E-state index contributed by atoms with van der Waals surface area (Å²) in [5.41, 5.74) is 4.96. The van der Waals surface area contributed by atoms with Crippen LogP contribution in [0, 0.1) is 22.0 Å². The van der Waals surface area contributed by atoms with E-state index >= 15 is 0 Å². The maximum atomic E-state index is 12.1. The van der Waals surface area contributed by atoms with Crippen molar-refractivity contribution in [3.05, 3.63) is 28.3 Å². The van der Waals surface area contributed by atoms with Crippen LogP contribution in [0.4, 0.5) is 11.4 Å². The van der Waals surface area contributed by atoms with E-state index in [0.29, 0.717) is 5.92 Å². The molecule has 7 nitrogen and oxygen atoms in total. The molecule has 0 amide bonds. The van der Waals surface area contributed by atoms with Crippen LogP contribution in [-0.2, 0) is 10.0 Å². The van der Waals surface area contributed by atoms with Gasteiger partial charge in [0.1, 0.15) is 5.69 Å². The average molecular weight is 301 g/mol. The molecule has 8 heteroatoms. The van der Waals surface area contributed by atoms with E-state index in [0.717, 1.165) is 6.07 Å². The van der Waals surface area contributed by atoms with Crippen molar-refractivity contribution >= 4 is 21.4 Å². The predicted molar refractivity (Wildman–Crippen MR) is 76.7 cm³/mol. The molecule has 0 bridgehead atoms. The minimum absolute atomic E-state index is 0.0653. The highest BCUT2D eigenvalue weighted by Gasteiger charge is 2.21. The van der Waals surface area contributed by atoms with Gasteiger partial charge >= 0.3 is 0 Å². The first-order valence-corrected chi connectivity index (χ1v) is 7.67. The number of anilines is 1. The molecule has 0 aromatic heterocycles. The quantitative estimate of drug-likeness (QED) is 0.472. The van der Waals surface area contributed by atoms with Crippen molar-refractivity contribution in [2.75, 3.05) is 12.3 Å². The predicted octanol–water partition coefficient (Wildman–Crippen LogP) is 1.75. The number of nitrogen functional groups attached to an aromatic ring is 1. The molecular weight excluding hydrogens is 282 g/mol. The van der Waals surface area contributed by atoms with Crippen LogP contribution in [0.15, 0.2) is 23.1 Å². The third-order valence-electron chi connectivity index (χ3n) is 3.24. The van der Waals surface area contributed by atoms with Gasteiger partial charge in [-0.1, -0.05) is 20.8 Å². The number of hydrogen-bond acceptors (Lipinski definition) is 5. The normalized spacial score (nSPS) is 13.4. The topological polar surface area (TPSA) is 115 Å². The second kappa shape index (κ2) is 6.19. The van der Waals surface area contributed by atoms with E-state index in [2.05, 4.69) is 4.72 Å². The van der Waals surface area contributed by atoms with Crippen molar-refractivity contribution in [1.29, 1.82) is 0 Å². The van der Waals surface area contributed by atoms with Gasteiger partial charge < -0.3 is 5.73 Å². The van der Waals surface area contributed by atoms with Crippen molar-refractivity contribution in [2.24, 2.45) is 11.8 Å². The number of nitrogens with one attached hydrogen (secondary N) is 1. The number of nitro benzene ring substituents is 1. The summed E-state index contributed by atoms with van der Waals surface area (Å²) in [5.74, 6) is 0.493. The van der Waals surface area contributed by atoms with Crippen molar-refractivity contribution in [3.8, 4) is 0 Å². The Morgan fingerprint density at radius 3 is 2.45 bits per heavy atom. The van der Waals surface area contributed by atoms with Gasteiger partial charge in [0.2, 0.25) is 10.0 Å². The summed E-state index contributed by atoms with van der Waals surface area (Å²) in [5, 5.41) is 10.8. The Morgan fingerprint density at radius 2 is 1.95 bits per heavy atom. The molecule has 0 fully saturated rings. The van der Waals surface area contributed by atoms with Gasteiger partial charge in [-0.05, 0) is 24.0 Å². The molecule has 1 atom stereocenters.